The Bertz CT molecular complexity index is 421. The average Bonchev–Trinajstić information content (AvgIpc) is 2.22. The van der Waals surface area contributed by atoms with Crippen LogP contribution in [-0.4, -0.2) is 21.0 Å². The van der Waals surface area contributed by atoms with Crippen LogP contribution in [0.3, 0.4) is 0 Å². The first-order chi connectivity index (χ1) is 7.50. The van der Waals surface area contributed by atoms with Gasteiger partial charge < -0.3 is 5.11 Å². The van der Waals surface area contributed by atoms with Crippen molar-refractivity contribution in [2.45, 2.75) is 12.2 Å². The van der Waals surface area contributed by atoms with Gasteiger partial charge in [0.25, 0.3) is 0 Å². The molecule has 0 amide bonds. The van der Waals surface area contributed by atoms with Crippen molar-refractivity contribution in [3.05, 3.63) is 33.8 Å². The Labute approximate surface area is 106 Å². The quantitative estimate of drug-likeness (QED) is 0.902. The van der Waals surface area contributed by atoms with Gasteiger partial charge in [0.1, 0.15) is 0 Å². The van der Waals surface area contributed by atoms with Gasteiger partial charge >= 0.3 is 5.97 Å². The molecular weight excluding hydrogens is 271 g/mol. The van der Waals surface area contributed by atoms with Gasteiger partial charge in [0, 0.05) is 16.6 Å². The van der Waals surface area contributed by atoms with Crippen molar-refractivity contribution < 1.29 is 14.1 Å². The third-order valence-electron chi connectivity index (χ3n) is 1.89. The van der Waals surface area contributed by atoms with E-state index in [0.717, 1.165) is 0 Å². The Morgan fingerprint density at radius 1 is 1.38 bits per heavy atom. The molecule has 1 aromatic carbocycles. The monoisotopic (exact) mass is 280 g/mol. The Kier molecular flexibility index (Phi) is 5.25. The molecule has 1 unspecified atom stereocenters. The van der Waals surface area contributed by atoms with Crippen LogP contribution in [0.2, 0.25) is 10.0 Å². The predicted molar refractivity (Wildman–Crippen MR) is 65.4 cm³/mol. The van der Waals surface area contributed by atoms with Crippen molar-refractivity contribution in [2.75, 3.05) is 5.75 Å². The molecule has 3 nitrogen and oxygen atoms in total. The summed E-state index contributed by atoms with van der Waals surface area (Å²) in [7, 11) is -1.23. The van der Waals surface area contributed by atoms with Crippen LogP contribution in [0.5, 0.6) is 0 Å². The highest BCUT2D eigenvalue weighted by atomic mass is 35.5. The minimum absolute atomic E-state index is 0.106. The van der Waals surface area contributed by atoms with E-state index in [1.807, 2.05) is 0 Å². The van der Waals surface area contributed by atoms with Crippen LogP contribution in [0.4, 0.5) is 0 Å². The summed E-state index contributed by atoms with van der Waals surface area (Å²) < 4.78 is 11.5. The second-order valence-corrected chi connectivity index (χ2v) is 5.51. The van der Waals surface area contributed by atoms with E-state index in [9.17, 15) is 9.00 Å². The molecule has 0 spiro atoms. The second kappa shape index (κ2) is 6.23. The van der Waals surface area contributed by atoms with E-state index in [4.69, 9.17) is 28.3 Å². The van der Waals surface area contributed by atoms with E-state index >= 15 is 0 Å². The van der Waals surface area contributed by atoms with Crippen LogP contribution in [0.15, 0.2) is 18.2 Å². The summed E-state index contributed by atoms with van der Waals surface area (Å²) in [5, 5.41) is 9.24. The average molecular weight is 281 g/mol. The van der Waals surface area contributed by atoms with Gasteiger partial charge in [-0.2, -0.15) is 0 Å². The third-order valence-corrected chi connectivity index (χ3v) is 4.04. The summed E-state index contributed by atoms with van der Waals surface area (Å²) in [5.41, 5.74) is 0.679. The number of halogens is 2. The molecule has 1 N–H and O–H groups in total. The molecule has 6 heteroatoms. The summed E-state index contributed by atoms with van der Waals surface area (Å²) >= 11 is 11.7. The molecule has 0 radical (unpaired) electrons. The molecule has 0 saturated carbocycles. The van der Waals surface area contributed by atoms with Crippen LogP contribution in [0, 0.1) is 0 Å². The molecule has 16 heavy (non-hydrogen) atoms. The number of benzene rings is 1. The maximum atomic E-state index is 11.5. The largest absolute Gasteiger partial charge is 0.481 e. The highest BCUT2D eigenvalue weighted by molar-refractivity contribution is 7.84. The smallest absolute Gasteiger partial charge is 0.304 e. The first-order valence-corrected chi connectivity index (χ1v) is 6.74. The van der Waals surface area contributed by atoms with Crippen molar-refractivity contribution in [2.24, 2.45) is 0 Å². The number of hydrogen-bond donors (Lipinski definition) is 1. The zero-order valence-electron chi connectivity index (χ0n) is 8.28. The highest BCUT2D eigenvalue weighted by Crippen LogP contribution is 2.26. The zero-order valence-corrected chi connectivity index (χ0v) is 10.6. The number of carbonyl (C=O) groups is 1. The standard InChI is InChI=1S/C10H10Cl2O3S/c11-8-3-1-2-7(10(8)12)6-16(15)5-4-9(13)14/h1-3H,4-6H2,(H,13,14). The topological polar surface area (TPSA) is 54.4 Å². The molecular formula is C10H10Cl2O3S. The van der Waals surface area contributed by atoms with Crippen LogP contribution < -0.4 is 0 Å². The molecule has 0 heterocycles. The summed E-state index contributed by atoms with van der Waals surface area (Å²) in [6, 6.07) is 5.10. The Morgan fingerprint density at radius 2 is 2.06 bits per heavy atom. The zero-order chi connectivity index (χ0) is 12.1. The normalized spacial score (nSPS) is 12.4. The molecule has 0 bridgehead atoms. The molecule has 0 fully saturated rings. The lowest BCUT2D eigenvalue weighted by Crippen LogP contribution is -2.06. The summed E-state index contributed by atoms with van der Waals surface area (Å²) in [5.74, 6) is -0.601. The number of rotatable bonds is 5. The first-order valence-electron chi connectivity index (χ1n) is 4.50. The van der Waals surface area contributed by atoms with Crippen molar-refractivity contribution >= 4 is 40.0 Å². The van der Waals surface area contributed by atoms with E-state index in [1.54, 1.807) is 18.2 Å². The van der Waals surface area contributed by atoms with Gasteiger partial charge in [-0.25, -0.2) is 0 Å². The third kappa shape index (κ3) is 4.12. The number of hydrogen-bond acceptors (Lipinski definition) is 2. The van der Waals surface area contributed by atoms with Crippen molar-refractivity contribution in [3.8, 4) is 0 Å². The predicted octanol–water partition coefficient (Wildman–Crippen LogP) is 2.72. The Morgan fingerprint density at radius 3 is 2.69 bits per heavy atom. The van der Waals surface area contributed by atoms with Gasteiger partial charge in [-0.05, 0) is 11.6 Å². The van der Waals surface area contributed by atoms with E-state index in [1.165, 1.54) is 0 Å². The van der Waals surface area contributed by atoms with Gasteiger partial charge in [0.2, 0.25) is 0 Å². The Balaban J connectivity index is 2.63. The molecule has 0 aliphatic carbocycles. The molecule has 88 valence electrons. The summed E-state index contributed by atoms with van der Waals surface area (Å²) in [6.07, 6.45) is -0.106. The fourth-order valence-electron chi connectivity index (χ4n) is 1.11. The molecule has 0 saturated heterocycles. The molecule has 0 aromatic heterocycles. The van der Waals surface area contributed by atoms with E-state index < -0.39 is 16.8 Å². The van der Waals surface area contributed by atoms with Gasteiger partial charge in [-0.1, -0.05) is 35.3 Å². The van der Waals surface area contributed by atoms with Gasteiger partial charge in [0.15, 0.2) is 0 Å². The number of carboxylic acid groups (broad SMARTS) is 1. The van der Waals surface area contributed by atoms with Crippen LogP contribution >= 0.6 is 23.2 Å². The minimum atomic E-state index is -1.23. The van der Waals surface area contributed by atoms with E-state index in [0.29, 0.717) is 15.6 Å². The molecule has 0 aliphatic heterocycles. The van der Waals surface area contributed by atoms with Gasteiger partial charge in [0.05, 0.1) is 22.2 Å². The Hall–Kier alpha value is -0.580. The number of carboxylic acids is 1. The summed E-state index contributed by atoms with van der Waals surface area (Å²) in [6.45, 7) is 0. The van der Waals surface area contributed by atoms with Crippen LogP contribution in [0.1, 0.15) is 12.0 Å². The van der Waals surface area contributed by atoms with Gasteiger partial charge in [-0.15, -0.1) is 0 Å². The molecule has 1 aromatic rings. The lowest BCUT2D eigenvalue weighted by molar-refractivity contribution is -0.136. The molecule has 1 rings (SSSR count). The van der Waals surface area contributed by atoms with Crippen LogP contribution in [-0.2, 0) is 21.3 Å². The first kappa shape index (κ1) is 13.5. The molecule has 0 aliphatic rings. The molecule has 1 atom stereocenters. The van der Waals surface area contributed by atoms with Gasteiger partial charge in [-0.3, -0.25) is 9.00 Å². The van der Waals surface area contributed by atoms with Crippen LogP contribution in [0.25, 0.3) is 0 Å². The van der Waals surface area contributed by atoms with Crippen molar-refractivity contribution in [3.63, 3.8) is 0 Å². The van der Waals surface area contributed by atoms with Crippen molar-refractivity contribution in [1.29, 1.82) is 0 Å². The lowest BCUT2D eigenvalue weighted by Gasteiger charge is -2.05. The minimum Gasteiger partial charge on any atom is -0.481 e. The lowest BCUT2D eigenvalue weighted by atomic mass is 10.2. The van der Waals surface area contributed by atoms with E-state index in [-0.39, 0.29) is 17.9 Å². The maximum Gasteiger partial charge on any atom is 0.304 e. The maximum absolute atomic E-state index is 11.5. The second-order valence-electron chi connectivity index (χ2n) is 3.14. The van der Waals surface area contributed by atoms with Crippen molar-refractivity contribution in [1.82, 2.24) is 0 Å². The van der Waals surface area contributed by atoms with E-state index in [2.05, 4.69) is 0 Å². The fourth-order valence-corrected chi connectivity index (χ4v) is 2.71. The SMILES string of the molecule is O=C(O)CCS(=O)Cc1cccc(Cl)c1Cl. The number of aliphatic carboxylic acids is 1. The fraction of sp³-hybridized carbons (Fsp3) is 0.300. The highest BCUT2D eigenvalue weighted by Gasteiger charge is 2.09. The summed E-state index contributed by atoms with van der Waals surface area (Å²) in [4.78, 5) is 10.3.